The van der Waals surface area contributed by atoms with Crippen molar-refractivity contribution in [3.63, 3.8) is 0 Å². The summed E-state index contributed by atoms with van der Waals surface area (Å²) >= 11 is 3.28. The second-order valence-electron chi connectivity index (χ2n) is 3.97. The highest BCUT2D eigenvalue weighted by Gasteiger charge is 1.99. The molecular weight excluding hydrogens is 282 g/mol. The van der Waals surface area contributed by atoms with E-state index < -0.39 is 0 Å². The fourth-order valence-corrected chi connectivity index (χ4v) is 1.71. The molecule has 0 radical (unpaired) electrons. The maximum atomic E-state index is 9.34. The van der Waals surface area contributed by atoms with E-state index in [0.29, 0.717) is 13.2 Å². The minimum atomic E-state index is 0.263. The van der Waals surface area contributed by atoms with Crippen molar-refractivity contribution >= 4 is 15.9 Å². The van der Waals surface area contributed by atoms with Crippen LogP contribution in [0.4, 0.5) is 0 Å². The second kappa shape index (κ2) is 7.48. The molecule has 0 aliphatic rings. The van der Waals surface area contributed by atoms with Crippen LogP contribution in [0.3, 0.4) is 0 Å². The molecule has 0 aliphatic heterocycles. The third-order valence-corrected chi connectivity index (χ3v) is 2.75. The highest BCUT2D eigenvalue weighted by Crippen LogP contribution is 2.23. The molecule has 0 fully saturated rings. The predicted octanol–water partition coefficient (Wildman–Crippen LogP) is 2.84. The van der Waals surface area contributed by atoms with Gasteiger partial charge in [0.2, 0.25) is 0 Å². The Kier molecular flexibility index (Phi) is 6.26. The SMILES string of the molecule is C=C(C)COCCNCc1ccc(O)c(Br)c1. The first-order chi connectivity index (χ1) is 8.09. The number of nitrogens with one attached hydrogen (secondary N) is 1. The van der Waals surface area contributed by atoms with Crippen molar-refractivity contribution in [1.82, 2.24) is 5.32 Å². The normalized spacial score (nSPS) is 10.5. The van der Waals surface area contributed by atoms with Gasteiger partial charge in [-0.3, -0.25) is 0 Å². The second-order valence-corrected chi connectivity index (χ2v) is 4.83. The molecule has 1 aromatic rings. The summed E-state index contributed by atoms with van der Waals surface area (Å²) in [4.78, 5) is 0. The molecule has 94 valence electrons. The molecule has 17 heavy (non-hydrogen) atoms. The average molecular weight is 300 g/mol. The lowest BCUT2D eigenvalue weighted by Crippen LogP contribution is -2.19. The maximum absolute atomic E-state index is 9.34. The van der Waals surface area contributed by atoms with Gasteiger partial charge in [-0.2, -0.15) is 0 Å². The molecular formula is C13H18BrNO2. The van der Waals surface area contributed by atoms with E-state index >= 15 is 0 Å². The number of aromatic hydroxyl groups is 1. The van der Waals surface area contributed by atoms with E-state index in [1.54, 1.807) is 6.07 Å². The van der Waals surface area contributed by atoms with Crippen LogP contribution in [-0.4, -0.2) is 24.9 Å². The van der Waals surface area contributed by atoms with Crippen molar-refractivity contribution in [2.24, 2.45) is 0 Å². The third-order valence-electron chi connectivity index (χ3n) is 2.11. The van der Waals surface area contributed by atoms with Gasteiger partial charge < -0.3 is 15.2 Å². The highest BCUT2D eigenvalue weighted by atomic mass is 79.9. The van der Waals surface area contributed by atoms with Gasteiger partial charge in [-0.15, -0.1) is 0 Å². The van der Waals surface area contributed by atoms with E-state index in [9.17, 15) is 5.11 Å². The zero-order chi connectivity index (χ0) is 12.7. The summed E-state index contributed by atoms with van der Waals surface area (Å²) in [6.07, 6.45) is 0. The number of hydrogen-bond donors (Lipinski definition) is 2. The van der Waals surface area contributed by atoms with Crippen LogP contribution < -0.4 is 5.32 Å². The van der Waals surface area contributed by atoms with Gasteiger partial charge in [0, 0.05) is 13.1 Å². The van der Waals surface area contributed by atoms with Crippen LogP contribution in [0.15, 0.2) is 34.8 Å². The fourth-order valence-electron chi connectivity index (χ4n) is 1.28. The van der Waals surface area contributed by atoms with E-state index in [-0.39, 0.29) is 5.75 Å². The zero-order valence-electron chi connectivity index (χ0n) is 10.0. The Labute approximate surface area is 111 Å². The Bertz CT molecular complexity index is 380. The third kappa shape index (κ3) is 5.86. The molecule has 0 bridgehead atoms. The lowest BCUT2D eigenvalue weighted by Gasteiger charge is -2.07. The van der Waals surface area contributed by atoms with E-state index in [1.165, 1.54) is 0 Å². The van der Waals surface area contributed by atoms with Crippen LogP contribution in [-0.2, 0) is 11.3 Å². The van der Waals surface area contributed by atoms with E-state index in [0.717, 1.165) is 28.7 Å². The summed E-state index contributed by atoms with van der Waals surface area (Å²) < 4.78 is 6.08. The van der Waals surface area contributed by atoms with Crippen molar-refractivity contribution in [3.05, 3.63) is 40.4 Å². The number of hydrogen-bond acceptors (Lipinski definition) is 3. The van der Waals surface area contributed by atoms with Gasteiger partial charge in [0.25, 0.3) is 0 Å². The molecule has 0 amide bonds. The van der Waals surface area contributed by atoms with Crippen molar-refractivity contribution in [3.8, 4) is 5.75 Å². The van der Waals surface area contributed by atoms with Crippen LogP contribution >= 0.6 is 15.9 Å². The van der Waals surface area contributed by atoms with Crippen molar-refractivity contribution in [1.29, 1.82) is 0 Å². The van der Waals surface area contributed by atoms with Gasteiger partial charge in [-0.1, -0.05) is 18.2 Å². The summed E-state index contributed by atoms with van der Waals surface area (Å²) in [7, 11) is 0. The van der Waals surface area contributed by atoms with Gasteiger partial charge >= 0.3 is 0 Å². The van der Waals surface area contributed by atoms with Crippen LogP contribution in [0, 0.1) is 0 Å². The Morgan fingerprint density at radius 2 is 2.29 bits per heavy atom. The molecule has 1 rings (SSSR count). The van der Waals surface area contributed by atoms with E-state index in [1.807, 2.05) is 19.1 Å². The number of halogens is 1. The molecule has 0 saturated heterocycles. The summed E-state index contributed by atoms with van der Waals surface area (Å²) in [5.41, 5.74) is 2.15. The van der Waals surface area contributed by atoms with Crippen LogP contribution in [0.25, 0.3) is 0 Å². The van der Waals surface area contributed by atoms with Crippen molar-refractivity contribution in [2.75, 3.05) is 19.8 Å². The average Bonchev–Trinajstić information content (AvgIpc) is 2.27. The molecule has 2 N–H and O–H groups in total. The number of ether oxygens (including phenoxy) is 1. The minimum Gasteiger partial charge on any atom is -0.507 e. The highest BCUT2D eigenvalue weighted by molar-refractivity contribution is 9.10. The Hall–Kier alpha value is -0.840. The first-order valence-electron chi connectivity index (χ1n) is 5.50. The summed E-state index contributed by atoms with van der Waals surface area (Å²) in [5, 5.41) is 12.6. The first-order valence-corrected chi connectivity index (χ1v) is 6.29. The lowest BCUT2D eigenvalue weighted by molar-refractivity contribution is 0.158. The van der Waals surface area contributed by atoms with Crippen molar-refractivity contribution < 1.29 is 9.84 Å². The van der Waals surface area contributed by atoms with Gasteiger partial charge in [-0.25, -0.2) is 0 Å². The predicted molar refractivity (Wildman–Crippen MR) is 73.1 cm³/mol. The molecule has 4 heteroatoms. The largest absolute Gasteiger partial charge is 0.507 e. The van der Waals surface area contributed by atoms with Gasteiger partial charge in [0.05, 0.1) is 17.7 Å². The van der Waals surface area contributed by atoms with E-state index in [4.69, 9.17) is 4.74 Å². The molecule has 0 saturated carbocycles. The molecule has 0 spiro atoms. The number of phenols is 1. The molecule has 0 heterocycles. The minimum absolute atomic E-state index is 0.263. The van der Waals surface area contributed by atoms with Crippen LogP contribution in [0.2, 0.25) is 0 Å². The summed E-state index contributed by atoms with van der Waals surface area (Å²) in [5.74, 6) is 0.263. The fraction of sp³-hybridized carbons (Fsp3) is 0.385. The Morgan fingerprint density at radius 1 is 1.53 bits per heavy atom. The smallest absolute Gasteiger partial charge is 0.129 e. The van der Waals surface area contributed by atoms with Gasteiger partial charge in [0.1, 0.15) is 5.75 Å². The van der Waals surface area contributed by atoms with Crippen molar-refractivity contribution in [2.45, 2.75) is 13.5 Å². The summed E-state index contributed by atoms with van der Waals surface area (Å²) in [6.45, 7) is 8.56. The Morgan fingerprint density at radius 3 is 2.94 bits per heavy atom. The van der Waals surface area contributed by atoms with Gasteiger partial charge in [-0.05, 0) is 40.5 Å². The number of rotatable bonds is 7. The quantitative estimate of drug-likeness (QED) is 0.601. The molecule has 1 aromatic carbocycles. The topological polar surface area (TPSA) is 41.5 Å². The van der Waals surface area contributed by atoms with E-state index in [2.05, 4.69) is 27.8 Å². The van der Waals surface area contributed by atoms with Gasteiger partial charge in [0.15, 0.2) is 0 Å². The molecule has 3 nitrogen and oxygen atoms in total. The zero-order valence-corrected chi connectivity index (χ0v) is 11.6. The molecule has 0 aromatic heterocycles. The molecule has 0 unspecified atom stereocenters. The monoisotopic (exact) mass is 299 g/mol. The lowest BCUT2D eigenvalue weighted by atomic mass is 10.2. The summed E-state index contributed by atoms with van der Waals surface area (Å²) in [6, 6.07) is 5.47. The standard InChI is InChI=1S/C13H18BrNO2/c1-10(2)9-17-6-5-15-8-11-3-4-13(16)12(14)7-11/h3-4,7,15-16H,1,5-6,8-9H2,2H3. The number of phenolic OH excluding ortho intramolecular Hbond substituents is 1. The number of benzene rings is 1. The van der Waals surface area contributed by atoms with Crippen LogP contribution in [0.1, 0.15) is 12.5 Å². The first kappa shape index (κ1) is 14.2. The van der Waals surface area contributed by atoms with Crippen LogP contribution in [0.5, 0.6) is 5.75 Å². The molecule has 0 atom stereocenters. The Balaban J connectivity index is 2.18. The maximum Gasteiger partial charge on any atom is 0.129 e. The molecule has 0 aliphatic carbocycles.